The standard InChI is InChI=1S/C16H26N2O4S/c1-16(2,3)22-14(13-9-5-4-6-10-13)15(19)18-11-7-8-12-23(17,20)21/h4-6,9-10,14H,7-8,11-12H2,1-3H3,(H,18,19)(H2,17,20,21). The maximum absolute atomic E-state index is 12.4. The summed E-state index contributed by atoms with van der Waals surface area (Å²) in [4.78, 5) is 12.4. The molecule has 0 aliphatic heterocycles. The number of hydrogen-bond acceptors (Lipinski definition) is 4. The van der Waals surface area contributed by atoms with Crippen molar-refractivity contribution >= 4 is 15.9 Å². The van der Waals surface area contributed by atoms with E-state index in [1.165, 1.54) is 0 Å². The lowest BCUT2D eigenvalue weighted by molar-refractivity contribution is -0.143. The van der Waals surface area contributed by atoms with Gasteiger partial charge in [-0.1, -0.05) is 30.3 Å². The second-order valence-corrected chi connectivity index (χ2v) is 8.12. The van der Waals surface area contributed by atoms with Crippen molar-refractivity contribution in [3.63, 3.8) is 0 Å². The molecule has 0 aliphatic carbocycles. The number of carbonyl (C=O) groups excluding carboxylic acids is 1. The quantitative estimate of drug-likeness (QED) is 0.703. The fourth-order valence-electron chi connectivity index (χ4n) is 1.99. The van der Waals surface area contributed by atoms with E-state index < -0.39 is 21.7 Å². The smallest absolute Gasteiger partial charge is 0.253 e. The summed E-state index contributed by atoms with van der Waals surface area (Å²) in [7, 11) is -3.45. The minimum atomic E-state index is -3.45. The predicted octanol–water partition coefficient (Wildman–Crippen LogP) is 1.73. The van der Waals surface area contributed by atoms with Crippen molar-refractivity contribution in [1.29, 1.82) is 0 Å². The molecule has 0 fully saturated rings. The van der Waals surface area contributed by atoms with E-state index in [0.29, 0.717) is 19.4 Å². The van der Waals surface area contributed by atoms with Crippen LogP contribution in [0, 0.1) is 0 Å². The highest BCUT2D eigenvalue weighted by Gasteiger charge is 2.26. The molecular weight excluding hydrogens is 316 g/mol. The number of nitrogens with one attached hydrogen (secondary N) is 1. The van der Waals surface area contributed by atoms with Crippen molar-refractivity contribution < 1.29 is 17.9 Å². The molecular formula is C16H26N2O4S. The third-order valence-corrected chi connectivity index (χ3v) is 3.82. The van der Waals surface area contributed by atoms with Gasteiger partial charge in [0.05, 0.1) is 11.4 Å². The van der Waals surface area contributed by atoms with E-state index in [1.807, 2.05) is 51.1 Å². The Labute approximate surface area is 138 Å². The van der Waals surface area contributed by atoms with Crippen LogP contribution in [-0.4, -0.2) is 32.2 Å². The molecule has 23 heavy (non-hydrogen) atoms. The number of unbranched alkanes of at least 4 members (excludes halogenated alkanes) is 1. The molecule has 1 rings (SSSR count). The molecule has 130 valence electrons. The van der Waals surface area contributed by atoms with E-state index in [2.05, 4.69) is 5.32 Å². The minimum absolute atomic E-state index is 0.0799. The molecule has 0 saturated heterocycles. The van der Waals surface area contributed by atoms with Gasteiger partial charge in [-0.3, -0.25) is 4.79 Å². The van der Waals surface area contributed by atoms with Crippen LogP contribution in [0.3, 0.4) is 0 Å². The van der Waals surface area contributed by atoms with Crippen molar-refractivity contribution in [1.82, 2.24) is 5.32 Å². The second kappa shape index (κ2) is 8.42. The third-order valence-electron chi connectivity index (χ3n) is 2.97. The third kappa shape index (κ3) is 8.68. The average Bonchev–Trinajstić information content (AvgIpc) is 2.43. The van der Waals surface area contributed by atoms with Crippen LogP contribution in [0.25, 0.3) is 0 Å². The average molecular weight is 342 g/mol. The minimum Gasteiger partial charge on any atom is -0.358 e. The van der Waals surface area contributed by atoms with Crippen LogP contribution in [0.5, 0.6) is 0 Å². The number of primary sulfonamides is 1. The number of carbonyl (C=O) groups is 1. The van der Waals surface area contributed by atoms with Gasteiger partial charge in [-0.25, -0.2) is 13.6 Å². The Morgan fingerprint density at radius 3 is 2.35 bits per heavy atom. The first-order chi connectivity index (χ1) is 10.6. The maximum atomic E-state index is 12.4. The van der Waals surface area contributed by atoms with Gasteiger partial charge < -0.3 is 10.1 Å². The van der Waals surface area contributed by atoms with Crippen molar-refractivity contribution in [2.75, 3.05) is 12.3 Å². The first kappa shape index (κ1) is 19.6. The number of hydrogen-bond donors (Lipinski definition) is 2. The fourth-order valence-corrected chi connectivity index (χ4v) is 2.59. The molecule has 0 heterocycles. The van der Waals surface area contributed by atoms with Gasteiger partial charge in [0.2, 0.25) is 10.0 Å². The molecule has 1 aromatic rings. The van der Waals surface area contributed by atoms with Gasteiger partial charge in [0.1, 0.15) is 0 Å². The molecule has 6 nitrogen and oxygen atoms in total. The summed E-state index contributed by atoms with van der Waals surface area (Å²) in [6.45, 7) is 6.05. The summed E-state index contributed by atoms with van der Waals surface area (Å²) in [6, 6.07) is 9.28. The van der Waals surface area contributed by atoms with Crippen LogP contribution in [-0.2, 0) is 19.6 Å². The van der Waals surface area contributed by atoms with Crippen molar-refractivity contribution in [3.8, 4) is 0 Å². The highest BCUT2D eigenvalue weighted by molar-refractivity contribution is 7.89. The van der Waals surface area contributed by atoms with E-state index in [4.69, 9.17) is 9.88 Å². The number of benzene rings is 1. The van der Waals surface area contributed by atoms with E-state index in [-0.39, 0.29) is 11.7 Å². The molecule has 1 aromatic carbocycles. The SMILES string of the molecule is CC(C)(C)OC(C(=O)NCCCCS(N)(=O)=O)c1ccccc1. The molecule has 1 amide bonds. The fraction of sp³-hybridized carbons (Fsp3) is 0.562. The zero-order valence-corrected chi connectivity index (χ0v) is 14.7. The molecule has 1 atom stereocenters. The van der Waals surface area contributed by atoms with Gasteiger partial charge in [-0.05, 0) is 39.2 Å². The van der Waals surface area contributed by atoms with Gasteiger partial charge in [-0.2, -0.15) is 0 Å². The summed E-state index contributed by atoms with van der Waals surface area (Å²) in [5.74, 6) is -0.314. The summed E-state index contributed by atoms with van der Waals surface area (Å²) in [5, 5.41) is 7.73. The Balaban J connectivity index is 2.59. The molecule has 0 spiro atoms. The molecule has 1 unspecified atom stereocenters. The maximum Gasteiger partial charge on any atom is 0.253 e. The lowest BCUT2D eigenvalue weighted by Gasteiger charge is -2.27. The van der Waals surface area contributed by atoms with Crippen molar-refractivity contribution in [3.05, 3.63) is 35.9 Å². The van der Waals surface area contributed by atoms with Gasteiger partial charge in [0.25, 0.3) is 5.91 Å². The monoisotopic (exact) mass is 342 g/mol. The van der Waals surface area contributed by atoms with Crippen LogP contribution in [0.2, 0.25) is 0 Å². The first-order valence-electron chi connectivity index (χ1n) is 7.59. The molecule has 0 radical (unpaired) electrons. The summed E-state index contributed by atoms with van der Waals surface area (Å²) in [5.41, 5.74) is 0.315. The molecule has 0 aliphatic rings. The first-order valence-corrected chi connectivity index (χ1v) is 9.31. The highest BCUT2D eigenvalue weighted by Crippen LogP contribution is 2.24. The Morgan fingerprint density at radius 2 is 1.83 bits per heavy atom. The van der Waals surface area contributed by atoms with E-state index >= 15 is 0 Å². The van der Waals surface area contributed by atoms with Gasteiger partial charge in [0.15, 0.2) is 6.10 Å². The zero-order chi connectivity index (χ0) is 17.5. The molecule has 3 N–H and O–H groups in total. The Morgan fingerprint density at radius 1 is 1.22 bits per heavy atom. The van der Waals surface area contributed by atoms with Gasteiger partial charge in [0, 0.05) is 6.54 Å². The van der Waals surface area contributed by atoms with Crippen LogP contribution >= 0.6 is 0 Å². The number of nitrogens with two attached hydrogens (primary N) is 1. The van der Waals surface area contributed by atoms with E-state index in [9.17, 15) is 13.2 Å². The largest absolute Gasteiger partial charge is 0.358 e. The zero-order valence-electron chi connectivity index (χ0n) is 13.9. The Hall–Kier alpha value is -1.44. The summed E-state index contributed by atoms with van der Waals surface area (Å²) < 4.78 is 27.6. The Kier molecular flexibility index (Phi) is 7.18. The Bertz CT molecular complexity index is 594. The summed E-state index contributed by atoms with van der Waals surface area (Å²) >= 11 is 0. The highest BCUT2D eigenvalue weighted by atomic mass is 32.2. The van der Waals surface area contributed by atoms with Crippen LogP contribution in [0.4, 0.5) is 0 Å². The number of amides is 1. The topological polar surface area (TPSA) is 98.5 Å². The van der Waals surface area contributed by atoms with Crippen LogP contribution < -0.4 is 10.5 Å². The van der Waals surface area contributed by atoms with Crippen LogP contribution in [0.1, 0.15) is 45.3 Å². The van der Waals surface area contributed by atoms with E-state index in [0.717, 1.165) is 5.56 Å². The normalized spacial score (nSPS) is 13.6. The van der Waals surface area contributed by atoms with Crippen LogP contribution in [0.15, 0.2) is 30.3 Å². The lowest BCUT2D eigenvalue weighted by atomic mass is 10.1. The molecule has 0 bridgehead atoms. The van der Waals surface area contributed by atoms with Gasteiger partial charge >= 0.3 is 0 Å². The predicted molar refractivity (Wildman–Crippen MR) is 90.2 cm³/mol. The number of rotatable bonds is 8. The number of sulfonamides is 1. The molecule has 0 aromatic heterocycles. The van der Waals surface area contributed by atoms with Crippen molar-refractivity contribution in [2.24, 2.45) is 5.14 Å². The second-order valence-electron chi connectivity index (χ2n) is 6.39. The molecule has 7 heteroatoms. The van der Waals surface area contributed by atoms with Crippen molar-refractivity contribution in [2.45, 2.75) is 45.3 Å². The van der Waals surface area contributed by atoms with Gasteiger partial charge in [-0.15, -0.1) is 0 Å². The summed E-state index contributed by atoms with van der Waals surface area (Å²) in [6.07, 6.45) is 0.253. The van der Waals surface area contributed by atoms with E-state index in [1.54, 1.807) is 0 Å². The molecule has 0 saturated carbocycles. The lowest BCUT2D eigenvalue weighted by Crippen LogP contribution is -2.35. The number of ether oxygens (including phenoxy) is 1.